The summed E-state index contributed by atoms with van der Waals surface area (Å²) in [7, 11) is 1.77. The molecule has 1 aromatic carbocycles. The number of hydrogen-bond donors (Lipinski definition) is 2. The Morgan fingerprint density at radius 1 is 1.38 bits per heavy atom. The molecule has 0 aliphatic rings. The summed E-state index contributed by atoms with van der Waals surface area (Å²) >= 11 is 0. The standard InChI is InChI=1S/C13H19NO2/c1-3-4-5-7-10-8-6-9-11(13(15)16)12(10)14-2/h6,8-9,14H,3-5,7H2,1-2H3,(H,15,16). The molecule has 0 amide bonds. The molecule has 2 N–H and O–H groups in total. The lowest BCUT2D eigenvalue weighted by atomic mass is 10.0. The summed E-state index contributed by atoms with van der Waals surface area (Å²) in [5.74, 6) is -0.873. The van der Waals surface area contributed by atoms with Crippen molar-refractivity contribution in [1.82, 2.24) is 0 Å². The van der Waals surface area contributed by atoms with Gasteiger partial charge in [0.25, 0.3) is 0 Å². The summed E-state index contributed by atoms with van der Waals surface area (Å²) in [4.78, 5) is 11.0. The van der Waals surface area contributed by atoms with E-state index in [-0.39, 0.29) is 0 Å². The molecule has 0 radical (unpaired) electrons. The average Bonchev–Trinajstić information content (AvgIpc) is 2.29. The van der Waals surface area contributed by atoms with Gasteiger partial charge in [-0.3, -0.25) is 0 Å². The fourth-order valence-electron chi connectivity index (χ4n) is 1.85. The Bertz CT molecular complexity index is 361. The highest BCUT2D eigenvalue weighted by molar-refractivity contribution is 5.95. The summed E-state index contributed by atoms with van der Waals surface area (Å²) in [5.41, 5.74) is 2.21. The minimum atomic E-state index is -0.873. The number of aryl methyl sites for hydroxylation is 1. The molecular weight excluding hydrogens is 202 g/mol. The van der Waals surface area contributed by atoms with Crippen LogP contribution in [0.25, 0.3) is 0 Å². The Labute approximate surface area is 96.5 Å². The summed E-state index contributed by atoms with van der Waals surface area (Å²) < 4.78 is 0. The van der Waals surface area contributed by atoms with Crippen molar-refractivity contribution < 1.29 is 9.90 Å². The van der Waals surface area contributed by atoms with Crippen LogP contribution < -0.4 is 5.32 Å². The molecule has 3 nitrogen and oxygen atoms in total. The van der Waals surface area contributed by atoms with Crippen LogP contribution in [0.15, 0.2) is 18.2 Å². The number of benzene rings is 1. The van der Waals surface area contributed by atoms with E-state index in [1.807, 2.05) is 12.1 Å². The first kappa shape index (κ1) is 12.6. The average molecular weight is 221 g/mol. The number of nitrogens with one attached hydrogen (secondary N) is 1. The van der Waals surface area contributed by atoms with Crippen molar-refractivity contribution >= 4 is 11.7 Å². The molecule has 3 heteroatoms. The maximum Gasteiger partial charge on any atom is 0.337 e. The number of unbranched alkanes of at least 4 members (excludes halogenated alkanes) is 2. The largest absolute Gasteiger partial charge is 0.478 e. The number of hydrogen-bond acceptors (Lipinski definition) is 2. The van der Waals surface area contributed by atoms with Gasteiger partial charge < -0.3 is 10.4 Å². The molecule has 0 spiro atoms. The van der Waals surface area contributed by atoms with Crippen molar-refractivity contribution in [2.45, 2.75) is 32.6 Å². The summed E-state index contributed by atoms with van der Waals surface area (Å²) in [6.07, 6.45) is 4.40. The number of carbonyl (C=O) groups is 1. The van der Waals surface area contributed by atoms with Crippen molar-refractivity contribution in [3.8, 4) is 0 Å². The number of anilines is 1. The zero-order chi connectivity index (χ0) is 12.0. The summed E-state index contributed by atoms with van der Waals surface area (Å²) in [6, 6.07) is 5.44. The van der Waals surface area contributed by atoms with E-state index >= 15 is 0 Å². The molecule has 0 bridgehead atoms. The van der Waals surface area contributed by atoms with Crippen LogP contribution in [0.4, 0.5) is 5.69 Å². The third-order valence-corrected chi connectivity index (χ3v) is 2.68. The predicted octanol–water partition coefficient (Wildman–Crippen LogP) is 3.16. The highest BCUT2D eigenvalue weighted by Crippen LogP contribution is 2.22. The highest BCUT2D eigenvalue weighted by atomic mass is 16.4. The maximum absolute atomic E-state index is 11.0. The minimum absolute atomic E-state index is 0.358. The third-order valence-electron chi connectivity index (χ3n) is 2.68. The molecule has 0 aliphatic heterocycles. The number of para-hydroxylation sites is 1. The first-order valence-corrected chi connectivity index (χ1v) is 5.73. The van der Waals surface area contributed by atoms with Crippen LogP contribution >= 0.6 is 0 Å². The maximum atomic E-state index is 11.0. The second kappa shape index (κ2) is 6.16. The fourth-order valence-corrected chi connectivity index (χ4v) is 1.85. The molecule has 0 fully saturated rings. The van der Waals surface area contributed by atoms with E-state index in [9.17, 15) is 4.79 Å². The Morgan fingerprint density at radius 3 is 2.69 bits per heavy atom. The minimum Gasteiger partial charge on any atom is -0.478 e. The third kappa shape index (κ3) is 2.99. The van der Waals surface area contributed by atoms with Crippen LogP contribution in [0.3, 0.4) is 0 Å². The topological polar surface area (TPSA) is 49.3 Å². The number of aromatic carboxylic acids is 1. The smallest absolute Gasteiger partial charge is 0.337 e. The van der Waals surface area contributed by atoms with Gasteiger partial charge in [-0.2, -0.15) is 0 Å². The van der Waals surface area contributed by atoms with Crippen LogP contribution in [-0.2, 0) is 6.42 Å². The van der Waals surface area contributed by atoms with E-state index in [1.165, 1.54) is 12.8 Å². The van der Waals surface area contributed by atoms with Gasteiger partial charge in [-0.05, 0) is 24.5 Å². The highest BCUT2D eigenvalue weighted by Gasteiger charge is 2.11. The molecule has 88 valence electrons. The summed E-state index contributed by atoms with van der Waals surface area (Å²) in [6.45, 7) is 2.16. The molecule has 0 saturated carbocycles. The van der Waals surface area contributed by atoms with Gasteiger partial charge >= 0.3 is 5.97 Å². The van der Waals surface area contributed by atoms with Crippen molar-refractivity contribution in [2.75, 3.05) is 12.4 Å². The van der Waals surface area contributed by atoms with Gasteiger partial charge in [-0.1, -0.05) is 31.9 Å². The van der Waals surface area contributed by atoms with Crippen LogP contribution in [0.5, 0.6) is 0 Å². The van der Waals surface area contributed by atoms with E-state index in [0.29, 0.717) is 5.56 Å². The van der Waals surface area contributed by atoms with E-state index in [1.54, 1.807) is 13.1 Å². The van der Waals surface area contributed by atoms with Crippen molar-refractivity contribution in [3.05, 3.63) is 29.3 Å². The second-order valence-electron chi connectivity index (χ2n) is 3.85. The van der Waals surface area contributed by atoms with Gasteiger partial charge in [0.2, 0.25) is 0 Å². The lowest BCUT2D eigenvalue weighted by molar-refractivity contribution is 0.0698. The van der Waals surface area contributed by atoms with Gasteiger partial charge in [0.15, 0.2) is 0 Å². The van der Waals surface area contributed by atoms with Gasteiger partial charge in [-0.25, -0.2) is 4.79 Å². The molecule has 0 aliphatic carbocycles. The SMILES string of the molecule is CCCCCc1cccc(C(=O)O)c1NC. The molecule has 0 saturated heterocycles. The van der Waals surface area contributed by atoms with Gasteiger partial charge in [-0.15, -0.1) is 0 Å². The van der Waals surface area contributed by atoms with E-state index in [0.717, 1.165) is 24.1 Å². The zero-order valence-corrected chi connectivity index (χ0v) is 9.92. The Balaban J connectivity index is 2.90. The molecule has 0 heterocycles. The van der Waals surface area contributed by atoms with Crippen molar-refractivity contribution in [1.29, 1.82) is 0 Å². The quantitative estimate of drug-likeness (QED) is 0.725. The first-order valence-electron chi connectivity index (χ1n) is 5.73. The van der Waals surface area contributed by atoms with Crippen LogP contribution in [0.2, 0.25) is 0 Å². The van der Waals surface area contributed by atoms with Crippen molar-refractivity contribution in [2.24, 2.45) is 0 Å². The Kier molecular flexibility index (Phi) is 4.83. The number of carboxylic acid groups (broad SMARTS) is 1. The second-order valence-corrected chi connectivity index (χ2v) is 3.85. The monoisotopic (exact) mass is 221 g/mol. The van der Waals surface area contributed by atoms with E-state index in [2.05, 4.69) is 12.2 Å². The van der Waals surface area contributed by atoms with Gasteiger partial charge in [0.1, 0.15) is 0 Å². The fraction of sp³-hybridized carbons (Fsp3) is 0.462. The predicted molar refractivity (Wildman–Crippen MR) is 66.2 cm³/mol. The molecule has 0 aromatic heterocycles. The molecule has 1 aromatic rings. The molecule has 1 rings (SSSR count). The number of carboxylic acids is 1. The Hall–Kier alpha value is -1.51. The molecule has 16 heavy (non-hydrogen) atoms. The molecule has 0 unspecified atom stereocenters. The molecular formula is C13H19NO2. The lowest BCUT2D eigenvalue weighted by Gasteiger charge is -2.11. The normalized spacial score (nSPS) is 10.1. The zero-order valence-electron chi connectivity index (χ0n) is 9.92. The van der Waals surface area contributed by atoms with E-state index < -0.39 is 5.97 Å². The Morgan fingerprint density at radius 2 is 2.12 bits per heavy atom. The van der Waals surface area contributed by atoms with Gasteiger partial charge in [0.05, 0.1) is 11.3 Å². The lowest BCUT2D eigenvalue weighted by Crippen LogP contribution is -2.05. The van der Waals surface area contributed by atoms with Crippen LogP contribution in [0, 0.1) is 0 Å². The molecule has 0 atom stereocenters. The first-order chi connectivity index (χ1) is 7.70. The summed E-state index contributed by atoms with van der Waals surface area (Å²) in [5, 5.41) is 12.0. The number of rotatable bonds is 6. The van der Waals surface area contributed by atoms with Crippen LogP contribution in [0.1, 0.15) is 42.1 Å². The van der Waals surface area contributed by atoms with Crippen LogP contribution in [-0.4, -0.2) is 18.1 Å². The van der Waals surface area contributed by atoms with E-state index in [4.69, 9.17) is 5.11 Å². The van der Waals surface area contributed by atoms with Gasteiger partial charge in [0, 0.05) is 7.05 Å². The van der Waals surface area contributed by atoms with Crippen molar-refractivity contribution in [3.63, 3.8) is 0 Å².